The Hall–Kier alpha value is -0.740. The van der Waals surface area contributed by atoms with Crippen LogP contribution in [0.25, 0.3) is 0 Å². The Morgan fingerprint density at radius 3 is 2.44 bits per heavy atom. The van der Waals surface area contributed by atoms with Crippen LogP contribution in [-0.2, 0) is 11.2 Å². The van der Waals surface area contributed by atoms with Crippen LogP contribution in [0.4, 0.5) is 0 Å². The van der Waals surface area contributed by atoms with Crippen LogP contribution >= 0.6 is 11.3 Å². The summed E-state index contributed by atoms with van der Waals surface area (Å²) in [5.41, 5.74) is 6.65. The number of aryl methyl sites for hydroxylation is 2. The topological polar surface area (TPSA) is 56.0 Å². The Morgan fingerprint density at radius 2 is 2.06 bits per heavy atom. The lowest BCUT2D eigenvalue weighted by atomic mass is 9.90. The summed E-state index contributed by atoms with van der Waals surface area (Å²) in [6.07, 6.45) is 0.430. The Bertz CT molecular complexity index is 352. The van der Waals surface area contributed by atoms with Gasteiger partial charge in [-0.2, -0.15) is 0 Å². The fourth-order valence-corrected chi connectivity index (χ4v) is 2.61. The zero-order chi connectivity index (χ0) is 12.3. The normalized spacial score (nSPS) is 13.1. The highest BCUT2D eigenvalue weighted by molar-refractivity contribution is 7.11. The molecule has 1 unspecified atom stereocenters. The van der Waals surface area contributed by atoms with E-state index in [1.165, 1.54) is 4.88 Å². The number of nitrogens with two attached hydrogens (primary N) is 1. The summed E-state index contributed by atoms with van der Waals surface area (Å²) in [5.74, 6) is 0.482. The van der Waals surface area contributed by atoms with Gasteiger partial charge in [0.1, 0.15) is 10.8 Å². The molecule has 0 bridgehead atoms. The van der Waals surface area contributed by atoms with E-state index < -0.39 is 0 Å². The molecule has 0 fully saturated rings. The number of nitrogens with zero attached hydrogens (tertiary/aromatic N) is 1. The van der Waals surface area contributed by atoms with Gasteiger partial charge in [-0.05, 0) is 19.8 Å². The summed E-state index contributed by atoms with van der Waals surface area (Å²) in [5, 5.41) is 0.916. The SMILES string of the molecule is Cc1nc(CC(=O)C(CN)C(C)C)sc1C. The van der Waals surface area contributed by atoms with Gasteiger partial charge in [-0.25, -0.2) is 4.98 Å². The van der Waals surface area contributed by atoms with Crippen LogP contribution in [0.15, 0.2) is 0 Å². The first-order valence-electron chi connectivity index (χ1n) is 5.61. The minimum absolute atomic E-state index is 0.0375. The molecule has 90 valence electrons. The third-order valence-corrected chi connectivity index (χ3v) is 3.94. The Labute approximate surface area is 101 Å². The molecule has 16 heavy (non-hydrogen) atoms. The Morgan fingerprint density at radius 1 is 1.44 bits per heavy atom. The van der Waals surface area contributed by atoms with Crippen LogP contribution < -0.4 is 5.73 Å². The molecule has 0 aliphatic heterocycles. The summed E-state index contributed by atoms with van der Waals surface area (Å²) < 4.78 is 0. The summed E-state index contributed by atoms with van der Waals surface area (Å²) in [7, 11) is 0. The number of hydrogen-bond acceptors (Lipinski definition) is 4. The molecule has 1 aromatic heterocycles. The third-order valence-electron chi connectivity index (χ3n) is 2.87. The predicted octanol–water partition coefficient (Wildman–Crippen LogP) is 2.10. The summed E-state index contributed by atoms with van der Waals surface area (Å²) in [6, 6.07) is 0. The van der Waals surface area contributed by atoms with Gasteiger partial charge in [-0.1, -0.05) is 13.8 Å². The maximum Gasteiger partial charge on any atom is 0.144 e. The molecule has 0 aliphatic rings. The van der Waals surface area contributed by atoms with E-state index in [-0.39, 0.29) is 11.7 Å². The molecule has 3 nitrogen and oxygen atoms in total. The maximum atomic E-state index is 12.0. The Balaban J connectivity index is 2.70. The lowest BCUT2D eigenvalue weighted by Gasteiger charge is -2.16. The first-order chi connectivity index (χ1) is 7.45. The molecule has 0 saturated carbocycles. The number of aromatic nitrogens is 1. The minimum atomic E-state index is -0.0375. The number of Topliss-reactive ketones (excluding diaryl/α,β-unsaturated/α-hetero) is 1. The highest BCUT2D eigenvalue weighted by Crippen LogP contribution is 2.20. The minimum Gasteiger partial charge on any atom is -0.330 e. The summed E-state index contributed by atoms with van der Waals surface area (Å²) in [6.45, 7) is 8.51. The molecular weight excluding hydrogens is 220 g/mol. The second-order valence-corrected chi connectivity index (χ2v) is 5.77. The van der Waals surface area contributed by atoms with Crippen LogP contribution in [0.3, 0.4) is 0 Å². The molecule has 1 atom stereocenters. The zero-order valence-electron chi connectivity index (χ0n) is 10.4. The number of rotatable bonds is 5. The van der Waals surface area contributed by atoms with E-state index in [0.717, 1.165) is 10.7 Å². The first kappa shape index (κ1) is 13.3. The number of hydrogen-bond donors (Lipinski definition) is 1. The van der Waals surface area contributed by atoms with Crippen molar-refractivity contribution in [2.24, 2.45) is 17.6 Å². The van der Waals surface area contributed by atoms with Gasteiger partial charge in [0.25, 0.3) is 0 Å². The third kappa shape index (κ3) is 3.12. The van der Waals surface area contributed by atoms with E-state index in [4.69, 9.17) is 5.73 Å². The van der Waals surface area contributed by atoms with E-state index >= 15 is 0 Å². The number of thiazole rings is 1. The predicted molar refractivity (Wildman–Crippen MR) is 67.7 cm³/mol. The van der Waals surface area contributed by atoms with Crippen molar-refractivity contribution in [3.05, 3.63) is 15.6 Å². The van der Waals surface area contributed by atoms with Crippen molar-refractivity contribution < 1.29 is 4.79 Å². The fraction of sp³-hybridized carbons (Fsp3) is 0.667. The lowest BCUT2D eigenvalue weighted by Crippen LogP contribution is -2.29. The van der Waals surface area contributed by atoms with Crippen molar-refractivity contribution in [2.45, 2.75) is 34.1 Å². The largest absolute Gasteiger partial charge is 0.330 e. The molecule has 0 aliphatic carbocycles. The van der Waals surface area contributed by atoms with E-state index in [1.54, 1.807) is 11.3 Å². The number of carbonyl (C=O) groups excluding carboxylic acids is 1. The van der Waals surface area contributed by atoms with E-state index in [2.05, 4.69) is 4.98 Å². The average molecular weight is 240 g/mol. The fourth-order valence-electron chi connectivity index (χ4n) is 1.67. The average Bonchev–Trinajstić information content (AvgIpc) is 2.45. The first-order valence-corrected chi connectivity index (χ1v) is 6.43. The highest BCUT2D eigenvalue weighted by atomic mass is 32.1. The molecule has 0 aromatic carbocycles. The quantitative estimate of drug-likeness (QED) is 0.857. The number of carbonyl (C=O) groups is 1. The molecule has 0 radical (unpaired) electrons. The standard InChI is InChI=1S/C12H20N2OS/c1-7(2)10(6-13)11(15)5-12-14-8(3)9(4)16-12/h7,10H,5-6,13H2,1-4H3. The molecule has 1 aromatic rings. The number of ketones is 1. The maximum absolute atomic E-state index is 12.0. The van der Waals surface area contributed by atoms with Crippen molar-refractivity contribution in [3.63, 3.8) is 0 Å². The van der Waals surface area contributed by atoms with Gasteiger partial charge < -0.3 is 5.73 Å². The van der Waals surface area contributed by atoms with Gasteiger partial charge in [0.2, 0.25) is 0 Å². The molecular formula is C12H20N2OS. The van der Waals surface area contributed by atoms with E-state index in [9.17, 15) is 4.79 Å². The van der Waals surface area contributed by atoms with Crippen LogP contribution in [0.2, 0.25) is 0 Å². The van der Waals surface area contributed by atoms with Gasteiger partial charge in [-0.3, -0.25) is 4.79 Å². The van der Waals surface area contributed by atoms with Gasteiger partial charge in [0.15, 0.2) is 0 Å². The molecule has 4 heteroatoms. The van der Waals surface area contributed by atoms with Crippen molar-refractivity contribution in [1.82, 2.24) is 4.98 Å². The summed E-state index contributed by atoms with van der Waals surface area (Å²) in [4.78, 5) is 17.6. The summed E-state index contributed by atoms with van der Waals surface area (Å²) >= 11 is 1.61. The molecule has 0 amide bonds. The molecule has 1 rings (SSSR count). The lowest BCUT2D eigenvalue weighted by molar-refractivity contribution is -0.123. The monoisotopic (exact) mass is 240 g/mol. The van der Waals surface area contributed by atoms with E-state index in [1.807, 2.05) is 27.7 Å². The van der Waals surface area contributed by atoms with Gasteiger partial charge in [-0.15, -0.1) is 11.3 Å². The van der Waals surface area contributed by atoms with Crippen molar-refractivity contribution >= 4 is 17.1 Å². The van der Waals surface area contributed by atoms with Crippen LogP contribution in [0, 0.1) is 25.7 Å². The van der Waals surface area contributed by atoms with Crippen LogP contribution in [0.5, 0.6) is 0 Å². The molecule has 0 saturated heterocycles. The Kier molecular flexibility index (Phi) is 4.62. The van der Waals surface area contributed by atoms with E-state index in [0.29, 0.717) is 18.9 Å². The highest BCUT2D eigenvalue weighted by Gasteiger charge is 2.21. The smallest absolute Gasteiger partial charge is 0.144 e. The van der Waals surface area contributed by atoms with Crippen LogP contribution in [-0.4, -0.2) is 17.3 Å². The molecule has 1 heterocycles. The van der Waals surface area contributed by atoms with Crippen molar-refractivity contribution in [1.29, 1.82) is 0 Å². The molecule has 0 spiro atoms. The second-order valence-electron chi connectivity index (χ2n) is 4.48. The second kappa shape index (κ2) is 5.55. The zero-order valence-corrected chi connectivity index (χ0v) is 11.2. The van der Waals surface area contributed by atoms with Crippen molar-refractivity contribution in [3.8, 4) is 0 Å². The van der Waals surface area contributed by atoms with Gasteiger partial charge in [0, 0.05) is 17.3 Å². The van der Waals surface area contributed by atoms with Gasteiger partial charge >= 0.3 is 0 Å². The van der Waals surface area contributed by atoms with Gasteiger partial charge in [0.05, 0.1) is 12.1 Å². The molecule has 2 N–H and O–H groups in total. The van der Waals surface area contributed by atoms with Crippen molar-refractivity contribution in [2.75, 3.05) is 6.54 Å². The van der Waals surface area contributed by atoms with Crippen LogP contribution in [0.1, 0.15) is 29.4 Å².